The van der Waals surface area contributed by atoms with Gasteiger partial charge in [-0.1, -0.05) is 0 Å². The molecule has 44 valence electrons. The van der Waals surface area contributed by atoms with Crippen molar-refractivity contribution in [2.24, 2.45) is 0 Å². The standard InChI is InChI=1S/C4H10N2.BrH/c1-2-6-4-3-5-1;/h5-6H,1-4H2;1H. The van der Waals surface area contributed by atoms with Crippen LogP contribution in [0.15, 0.2) is 0 Å². The molecule has 1 fully saturated rings. The lowest BCUT2D eigenvalue weighted by Gasteiger charge is -2.11. The van der Waals surface area contributed by atoms with E-state index in [0.29, 0.717) is 0 Å². The van der Waals surface area contributed by atoms with E-state index in [-0.39, 0.29) is 17.0 Å². The Morgan fingerprint density at radius 3 is 1.14 bits per heavy atom. The Kier molecular flexibility index (Phi) is 4.82. The summed E-state index contributed by atoms with van der Waals surface area (Å²) in [5, 5.41) is 6.44. The van der Waals surface area contributed by atoms with Gasteiger partial charge in [-0.25, -0.2) is 0 Å². The Labute approximate surface area is 54.4 Å². The summed E-state index contributed by atoms with van der Waals surface area (Å²) in [4.78, 5) is 0. The third kappa shape index (κ3) is 3.02. The Morgan fingerprint density at radius 2 is 1.00 bits per heavy atom. The fourth-order valence-corrected chi connectivity index (χ4v) is 0.604. The topological polar surface area (TPSA) is 24.1 Å². The van der Waals surface area contributed by atoms with Crippen LogP contribution in [-0.2, 0) is 0 Å². The van der Waals surface area contributed by atoms with Gasteiger partial charge in [-0.15, -0.1) is 17.0 Å². The Hall–Kier alpha value is 0.400. The zero-order valence-corrected chi connectivity index (χ0v) is 5.95. The summed E-state index contributed by atoms with van der Waals surface area (Å²) >= 11 is 0. The van der Waals surface area contributed by atoms with E-state index in [1.165, 1.54) is 0 Å². The third-order valence-electron chi connectivity index (χ3n) is 0.957. The zero-order valence-electron chi connectivity index (χ0n) is 4.24. The summed E-state index contributed by atoms with van der Waals surface area (Å²) in [5.74, 6) is 0. The molecule has 0 aliphatic carbocycles. The number of halogens is 1. The summed E-state index contributed by atoms with van der Waals surface area (Å²) in [6.07, 6.45) is 0. The largest absolute Gasteiger partial charge is 0.314 e. The van der Waals surface area contributed by atoms with Gasteiger partial charge in [-0.05, 0) is 0 Å². The molecule has 1 aliphatic heterocycles. The Morgan fingerprint density at radius 1 is 0.714 bits per heavy atom. The maximum absolute atomic E-state index is 3.22. The average Bonchev–Trinajstić information content (AvgIpc) is 1.72. The lowest BCUT2D eigenvalue weighted by Crippen LogP contribution is -2.39. The molecule has 0 unspecified atom stereocenters. The van der Waals surface area contributed by atoms with Gasteiger partial charge in [0.2, 0.25) is 0 Å². The molecular formula is C4H11BrN2. The van der Waals surface area contributed by atoms with Crippen LogP contribution in [0.5, 0.6) is 0 Å². The molecule has 1 heterocycles. The number of hydrogen-bond acceptors (Lipinski definition) is 2. The second-order valence-electron chi connectivity index (χ2n) is 1.50. The minimum absolute atomic E-state index is 0. The molecule has 1 rings (SSSR count). The van der Waals surface area contributed by atoms with Crippen molar-refractivity contribution in [2.75, 3.05) is 26.2 Å². The number of piperazine rings is 1. The summed E-state index contributed by atoms with van der Waals surface area (Å²) in [7, 11) is 0. The first-order valence-corrected chi connectivity index (χ1v) is 2.41. The van der Waals surface area contributed by atoms with Crippen molar-refractivity contribution in [1.29, 1.82) is 0 Å². The second-order valence-corrected chi connectivity index (χ2v) is 1.50. The number of hydrogen-bond donors (Lipinski definition) is 2. The highest BCUT2D eigenvalue weighted by Gasteiger charge is 1.91. The first-order valence-electron chi connectivity index (χ1n) is 2.41. The molecule has 0 bridgehead atoms. The lowest BCUT2D eigenvalue weighted by molar-refractivity contribution is 0.534. The van der Waals surface area contributed by atoms with Crippen molar-refractivity contribution in [1.82, 2.24) is 10.6 Å². The van der Waals surface area contributed by atoms with Crippen molar-refractivity contribution < 1.29 is 0 Å². The minimum atomic E-state index is 0. The van der Waals surface area contributed by atoms with Crippen LogP contribution in [0.2, 0.25) is 0 Å². The van der Waals surface area contributed by atoms with Crippen LogP contribution >= 0.6 is 17.0 Å². The summed E-state index contributed by atoms with van der Waals surface area (Å²) in [6, 6.07) is 0. The highest BCUT2D eigenvalue weighted by atomic mass is 79.9. The highest BCUT2D eigenvalue weighted by molar-refractivity contribution is 8.93. The molecule has 0 atom stereocenters. The van der Waals surface area contributed by atoms with Gasteiger partial charge in [-0.2, -0.15) is 0 Å². The maximum Gasteiger partial charge on any atom is 0.00772 e. The predicted octanol–water partition coefficient (Wildman–Crippen LogP) is -0.243. The molecule has 2 N–H and O–H groups in total. The second kappa shape index (κ2) is 4.56. The molecule has 3 heteroatoms. The molecule has 7 heavy (non-hydrogen) atoms. The predicted molar refractivity (Wildman–Crippen MR) is 36.1 cm³/mol. The molecule has 0 aromatic rings. The van der Waals surface area contributed by atoms with Crippen LogP contribution < -0.4 is 10.6 Å². The van der Waals surface area contributed by atoms with Crippen molar-refractivity contribution >= 4 is 17.0 Å². The first-order chi connectivity index (χ1) is 3.00. The highest BCUT2D eigenvalue weighted by Crippen LogP contribution is 1.65. The maximum atomic E-state index is 3.22. The van der Waals surface area contributed by atoms with Gasteiger partial charge in [0, 0.05) is 26.2 Å². The van der Waals surface area contributed by atoms with Gasteiger partial charge in [0.05, 0.1) is 0 Å². The summed E-state index contributed by atoms with van der Waals surface area (Å²) in [6.45, 7) is 4.56. The van der Waals surface area contributed by atoms with Gasteiger partial charge in [0.1, 0.15) is 0 Å². The molecule has 2 nitrogen and oxygen atoms in total. The van der Waals surface area contributed by atoms with Crippen LogP contribution in [0.4, 0.5) is 0 Å². The molecule has 1 saturated heterocycles. The van der Waals surface area contributed by atoms with E-state index >= 15 is 0 Å². The number of nitrogens with one attached hydrogen (secondary N) is 2. The van der Waals surface area contributed by atoms with E-state index in [0.717, 1.165) is 26.2 Å². The van der Waals surface area contributed by atoms with E-state index in [2.05, 4.69) is 10.6 Å². The molecule has 1 aliphatic rings. The monoisotopic (exact) mass is 166 g/mol. The van der Waals surface area contributed by atoms with Crippen LogP contribution in [0.1, 0.15) is 0 Å². The van der Waals surface area contributed by atoms with Crippen molar-refractivity contribution in [2.45, 2.75) is 0 Å². The summed E-state index contributed by atoms with van der Waals surface area (Å²) in [5.41, 5.74) is 0. The zero-order chi connectivity index (χ0) is 4.24. The van der Waals surface area contributed by atoms with Crippen molar-refractivity contribution in [3.8, 4) is 0 Å². The van der Waals surface area contributed by atoms with Gasteiger partial charge in [0.15, 0.2) is 0 Å². The van der Waals surface area contributed by atoms with E-state index in [4.69, 9.17) is 0 Å². The van der Waals surface area contributed by atoms with Crippen LogP contribution in [0.3, 0.4) is 0 Å². The quantitative estimate of drug-likeness (QED) is 0.520. The van der Waals surface area contributed by atoms with Crippen molar-refractivity contribution in [3.63, 3.8) is 0 Å². The van der Waals surface area contributed by atoms with E-state index in [9.17, 15) is 0 Å². The van der Waals surface area contributed by atoms with Gasteiger partial charge in [-0.3, -0.25) is 0 Å². The van der Waals surface area contributed by atoms with Crippen LogP contribution in [-0.4, -0.2) is 26.2 Å². The fourth-order valence-electron chi connectivity index (χ4n) is 0.604. The SMILES string of the molecule is Br.C1CNCCN1. The van der Waals surface area contributed by atoms with E-state index in [1.54, 1.807) is 0 Å². The fraction of sp³-hybridized carbons (Fsp3) is 1.00. The number of rotatable bonds is 0. The van der Waals surface area contributed by atoms with Gasteiger partial charge in [0.25, 0.3) is 0 Å². The molecule has 0 aromatic carbocycles. The molecule has 0 radical (unpaired) electrons. The first kappa shape index (κ1) is 7.40. The molecule has 0 saturated carbocycles. The Balaban J connectivity index is 0.000000360. The molecule has 0 amide bonds. The third-order valence-corrected chi connectivity index (χ3v) is 0.957. The van der Waals surface area contributed by atoms with Crippen LogP contribution in [0.25, 0.3) is 0 Å². The van der Waals surface area contributed by atoms with E-state index in [1.807, 2.05) is 0 Å². The Bertz CT molecular complexity index is 25.2. The van der Waals surface area contributed by atoms with Crippen LogP contribution in [0, 0.1) is 0 Å². The average molecular weight is 167 g/mol. The summed E-state index contributed by atoms with van der Waals surface area (Å²) < 4.78 is 0. The lowest BCUT2D eigenvalue weighted by atomic mass is 10.4. The molecule has 0 spiro atoms. The van der Waals surface area contributed by atoms with Crippen molar-refractivity contribution in [3.05, 3.63) is 0 Å². The normalized spacial score (nSPS) is 20.6. The smallest absolute Gasteiger partial charge is 0.00772 e. The molecule has 0 aromatic heterocycles. The van der Waals surface area contributed by atoms with Gasteiger partial charge >= 0.3 is 0 Å². The minimum Gasteiger partial charge on any atom is -0.314 e. The van der Waals surface area contributed by atoms with E-state index < -0.39 is 0 Å². The molecular weight excluding hydrogens is 156 g/mol. The van der Waals surface area contributed by atoms with Gasteiger partial charge < -0.3 is 10.6 Å².